The number of carbonyl (C=O) groups excluding carboxylic acids is 1. The van der Waals surface area contributed by atoms with E-state index in [4.69, 9.17) is 0 Å². The Morgan fingerprint density at radius 3 is 2.79 bits per heavy atom. The molecular formula is C11H14N2O. The van der Waals surface area contributed by atoms with Crippen LogP contribution in [0, 0.1) is 11.8 Å². The number of nitrogens with zero attached hydrogens (tertiary/aromatic N) is 2. The van der Waals surface area contributed by atoms with E-state index in [2.05, 4.69) is 37.7 Å². The Morgan fingerprint density at radius 1 is 1.57 bits per heavy atom. The Hall–Kier alpha value is -1.56. The molecular weight excluding hydrogens is 176 g/mol. The Labute approximate surface area is 84.1 Å². The van der Waals surface area contributed by atoms with E-state index in [1.54, 1.807) is 6.20 Å². The molecule has 0 spiro atoms. The standard InChI is InChI=1S/C11H14N2O/c1-11(2,3)13-9-10(8-12-13)6-4-5-7-14/h7-9H,5H2,1-3H3. The van der Waals surface area contributed by atoms with Crippen LogP contribution >= 0.6 is 0 Å². The van der Waals surface area contributed by atoms with Crippen molar-refractivity contribution >= 4 is 6.29 Å². The second-order valence-electron chi connectivity index (χ2n) is 4.02. The monoisotopic (exact) mass is 190 g/mol. The molecule has 1 aromatic heterocycles. The third-order valence-corrected chi connectivity index (χ3v) is 1.69. The molecule has 0 radical (unpaired) electrons. The van der Waals surface area contributed by atoms with Crippen molar-refractivity contribution in [2.45, 2.75) is 32.7 Å². The maximum Gasteiger partial charge on any atom is 0.131 e. The minimum atomic E-state index is -0.0232. The van der Waals surface area contributed by atoms with E-state index in [0.717, 1.165) is 11.8 Å². The smallest absolute Gasteiger partial charge is 0.131 e. The normalized spacial score (nSPS) is 10.5. The summed E-state index contributed by atoms with van der Waals surface area (Å²) in [5, 5.41) is 4.19. The van der Waals surface area contributed by atoms with Crippen molar-refractivity contribution in [3.05, 3.63) is 18.0 Å². The van der Waals surface area contributed by atoms with Gasteiger partial charge in [0.25, 0.3) is 0 Å². The minimum Gasteiger partial charge on any atom is -0.302 e. The average Bonchev–Trinajstić information content (AvgIpc) is 2.52. The van der Waals surface area contributed by atoms with Gasteiger partial charge in [0.05, 0.1) is 23.7 Å². The van der Waals surface area contributed by atoms with E-state index in [-0.39, 0.29) is 12.0 Å². The molecule has 3 nitrogen and oxygen atoms in total. The van der Waals surface area contributed by atoms with Gasteiger partial charge in [-0.2, -0.15) is 5.10 Å². The molecule has 0 unspecified atom stereocenters. The van der Waals surface area contributed by atoms with Crippen LogP contribution in [0.15, 0.2) is 12.4 Å². The highest BCUT2D eigenvalue weighted by atomic mass is 16.1. The van der Waals surface area contributed by atoms with Gasteiger partial charge >= 0.3 is 0 Å². The maximum atomic E-state index is 10.0. The fraction of sp³-hybridized carbons (Fsp3) is 0.455. The van der Waals surface area contributed by atoms with Crippen LogP contribution in [-0.4, -0.2) is 16.1 Å². The summed E-state index contributed by atoms with van der Waals surface area (Å²) in [4.78, 5) is 10.0. The van der Waals surface area contributed by atoms with Gasteiger partial charge in [-0.25, -0.2) is 0 Å². The van der Waals surface area contributed by atoms with Gasteiger partial charge in [-0.1, -0.05) is 11.8 Å². The van der Waals surface area contributed by atoms with Crippen LogP contribution in [0.5, 0.6) is 0 Å². The fourth-order valence-electron chi connectivity index (χ4n) is 0.949. The van der Waals surface area contributed by atoms with Crippen LogP contribution in [-0.2, 0) is 10.3 Å². The van der Waals surface area contributed by atoms with Gasteiger partial charge in [-0.3, -0.25) is 4.68 Å². The van der Waals surface area contributed by atoms with Gasteiger partial charge in [-0.15, -0.1) is 0 Å². The van der Waals surface area contributed by atoms with Gasteiger partial charge in [0, 0.05) is 6.20 Å². The molecule has 0 saturated heterocycles. The molecule has 1 rings (SSSR count). The minimum absolute atomic E-state index is 0.0232. The molecule has 14 heavy (non-hydrogen) atoms. The molecule has 0 aliphatic heterocycles. The Bertz CT molecular complexity index is 374. The quantitative estimate of drug-likeness (QED) is 0.497. The largest absolute Gasteiger partial charge is 0.302 e. The molecule has 0 bridgehead atoms. The number of rotatable bonds is 1. The summed E-state index contributed by atoms with van der Waals surface area (Å²) >= 11 is 0. The summed E-state index contributed by atoms with van der Waals surface area (Å²) < 4.78 is 1.86. The molecule has 0 saturated carbocycles. The highest BCUT2D eigenvalue weighted by molar-refractivity contribution is 5.54. The number of aldehydes is 1. The lowest BCUT2D eigenvalue weighted by molar-refractivity contribution is -0.107. The second kappa shape index (κ2) is 4.10. The molecule has 0 aliphatic rings. The van der Waals surface area contributed by atoms with Crippen LogP contribution in [0.25, 0.3) is 0 Å². The highest BCUT2D eigenvalue weighted by Gasteiger charge is 2.12. The van der Waals surface area contributed by atoms with Gasteiger partial charge in [-0.05, 0) is 20.8 Å². The first kappa shape index (κ1) is 10.5. The molecule has 0 fully saturated rings. The lowest BCUT2D eigenvalue weighted by Gasteiger charge is -2.18. The maximum absolute atomic E-state index is 10.0. The predicted molar refractivity (Wildman–Crippen MR) is 54.8 cm³/mol. The third kappa shape index (κ3) is 2.74. The van der Waals surface area contributed by atoms with E-state index in [9.17, 15) is 4.79 Å². The molecule has 0 N–H and O–H groups in total. The van der Waals surface area contributed by atoms with Crippen molar-refractivity contribution in [2.24, 2.45) is 0 Å². The lowest BCUT2D eigenvalue weighted by atomic mass is 10.1. The van der Waals surface area contributed by atoms with Gasteiger partial charge in [0.1, 0.15) is 6.29 Å². The number of hydrogen-bond acceptors (Lipinski definition) is 2. The number of carbonyl (C=O) groups is 1. The summed E-state index contributed by atoms with van der Waals surface area (Å²) in [6, 6.07) is 0. The summed E-state index contributed by atoms with van der Waals surface area (Å²) in [5.41, 5.74) is 0.826. The number of aromatic nitrogens is 2. The van der Waals surface area contributed by atoms with Gasteiger partial charge < -0.3 is 4.79 Å². The summed E-state index contributed by atoms with van der Waals surface area (Å²) in [7, 11) is 0. The Kier molecular flexibility index (Phi) is 3.08. The van der Waals surface area contributed by atoms with Crippen LogP contribution in [0.2, 0.25) is 0 Å². The van der Waals surface area contributed by atoms with Gasteiger partial charge in [0.2, 0.25) is 0 Å². The zero-order valence-corrected chi connectivity index (χ0v) is 8.74. The van der Waals surface area contributed by atoms with Crippen LogP contribution in [0.4, 0.5) is 0 Å². The predicted octanol–water partition coefficient (Wildman–Crippen LogP) is 1.58. The molecule has 0 amide bonds. The third-order valence-electron chi connectivity index (χ3n) is 1.69. The van der Waals surface area contributed by atoms with E-state index in [1.807, 2.05) is 10.9 Å². The summed E-state index contributed by atoms with van der Waals surface area (Å²) in [5.74, 6) is 5.62. The topological polar surface area (TPSA) is 34.9 Å². The van der Waals surface area contributed by atoms with E-state index >= 15 is 0 Å². The van der Waals surface area contributed by atoms with Crippen LogP contribution < -0.4 is 0 Å². The molecule has 1 heterocycles. The SMILES string of the molecule is CC(C)(C)n1cc(C#CCC=O)cn1. The first-order valence-corrected chi connectivity index (χ1v) is 4.51. The van der Waals surface area contributed by atoms with Crippen LogP contribution in [0.3, 0.4) is 0 Å². The van der Waals surface area contributed by atoms with E-state index in [1.165, 1.54) is 0 Å². The van der Waals surface area contributed by atoms with Crippen molar-refractivity contribution in [1.29, 1.82) is 0 Å². The molecule has 0 atom stereocenters. The van der Waals surface area contributed by atoms with Crippen LogP contribution in [0.1, 0.15) is 32.8 Å². The van der Waals surface area contributed by atoms with Crippen molar-refractivity contribution < 1.29 is 4.79 Å². The zero-order valence-electron chi connectivity index (χ0n) is 8.74. The van der Waals surface area contributed by atoms with Crippen molar-refractivity contribution in [3.8, 4) is 11.8 Å². The first-order chi connectivity index (χ1) is 6.54. The first-order valence-electron chi connectivity index (χ1n) is 4.51. The number of hydrogen-bond donors (Lipinski definition) is 0. The fourth-order valence-corrected chi connectivity index (χ4v) is 0.949. The van der Waals surface area contributed by atoms with Crippen molar-refractivity contribution in [1.82, 2.24) is 9.78 Å². The van der Waals surface area contributed by atoms with Gasteiger partial charge in [0.15, 0.2) is 0 Å². The van der Waals surface area contributed by atoms with E-state index < -0.39 is 0 Å². The zero-order chi connectivity index (χ0) is 10.6. The second-order valence-corrected chi connectivity index (χ2v) is 4.02. The Morgan fingerprint density at radius 2 is 2.29 bits per heavy atom. The molecule has 74 valence electrons. The van der Waals surface area contributed by atoms with Crippen molar-refractivity contribution in [3.63, 3.8) is 0 Å². The molecule has 0 aliphatic carbocycles. The van der Waals surface area contributed by atoms with Crippen molar-refractivity contribution in [2.75, 3.05) is 0 Å². The lowest BCUT2D eigenvalue weighted by Crippen LogP contribution is -2.21. The molecule has 1 aromatic rings. The van der Waals surface area contributed by atoms with E-state index in [0.29, 0.717) is 0 Å². The Balaban J connectivity index is 2.80. The highest BCUT2D eigenvalue weighted by Crippen LogP contribution is 2.12. The molecule has 0 aromatic carbocycles. The molecule has 3 heteroatoms. The summed E-state index contributed by atoms with van der Waals surface area (Å²) in [6.07, 6.45) is 4.67. The average molecular weight is 190 g/mol. The summed E-state index contributed by atoms with van der Waals surface area (Å²) in [6.45, 7) is 6.22.